The Balaban J connectivity index is 2.87. The van der Waals surface area contributed by atoms with Gasteiger partial charge in [0, 0.05) is 0 Å². The van der Waals surface area contributed by atoms with Gasteiger partial charge in [0.1, 0.15) is 0 Å². The lowest BCUT2D eigenvalue weighted by atomic mass is 10.9. The molecule has 4 N–H and O–H groups in total. The summed E-state index contributed by atoms with van der Waals surface area (Å²) in [6.45, 7) is 0. The second-order valence-corrected chi connectivity index (χ2v) is 1.93. The summed E-state index contributed by atoms with van der Waals surface area (Å²) in [6.07, 6.45) is -6.91. The SMILES string of the molecule is NC1=NC(O)N(O)N1C(F)(F)F. The molecule has 1 aliphatic heterocycles. The minimum absolute atomic E-state index is 0.519. The number of rotatable bonds is 0. The number of aliphatic hydroxyl groups is 1. The summed E-state index contributed by atoms with van der Waals surface area (Å²) < 4.78 is 35.7. The van der Waals surface area contributed by atoms with E-state index in [1.807, 2.05) is 0 Å². The molecule has 0 bridgehead atoms. The van der Waals surface area contributed by atoms with Crippen LogP contribution in [0.1, 0.15) is 0 Å². The van der Waals surface area contributed by atoms with Gasteiger partial charge in [-0.1, -0.05) is 0 Å². The minimum atomic E-state index is -4.90. The lowest BCUT2D eigenvalue weighted by Gasteiger charge is -2.25. The number of hydroxylamine groups is 1. The Morgan fingerprint density at radius 3 is 2.17 bits per heavy atom. The van der Waals surface area contributed by atoms with Crippen molar-refractivity contribution in [3.8, 4) is 0 Å². The molecule has 0 aromatic heterocycles. The van der Waals surface area contributed by atoms with E-state index in [1.54, 1.807) is 0 Å². The monoisotopic (exact) mass is 186 g/mol. The lowest BCUT2D eigenvalue weighted by molar-refractivity contribution is -0.378. The first-order valence-electron chi connectivity index (χ1n) is 2.70. The van der Waals surface area contributed by atoms with Gasteiger partial charge in [-0.3, -0.25) is 5.21 Å². The molecule has 12 heavy (non-hydrogen) atoms. The van der Waals surface area contributed by atoms with Crippen LogP contribution in [0.25, 0.3) is 0 Å². The van der Waals surface area contributed by atoms with Gasteiger partial charge in [0.15, 0.2) is 0 Å². The molecule has 0 spiro atoms. The standard InChI is InChI=1S/C3H5F3N4O2/c4-3(5,6)9-1(7)8-2(11)10(9)12/h2,11-12H,(H2,7,8). The number of halogens is 3. The van der Waals surface area contributed by atoms with Gasteiger partial charge in [-0.15, -0.1) is 13.2 Å². The van der Waals surface area contributed by atoms with Crippen molar-refractivity contribution in [2.75, 3.05) is 0 Å². The first kappa shape index (κ1) is 9.03. The zero-order valence-electron chi connectivity index (χ0n) is 5.52. The summed E-state index contributed by atoms with van der Waals surface area (Å²) in [5.41, 5.74) is 4.74. The zero-order chi connectivity index (χ0) is 9.52. The average molecular weight is 186 g/mol. The Hall–Kier alpha value is -1.06. The van der Waals surface area contributed by atoms with Crippen LogP contribution >= 0.6 is 0 Å². The van der Waals surface area contributed by atoms with Crippen molar-refractivity contribution in [3.63, 3.8) is 0 Å². The molecular formula is C3H5F3N4O2. The highest BCUT2D eigenvalue weighted by molar-refractivity contribution is 5.79. The minimum Gasteiger partial charge on any atom is -0.368 e. The fourth-order valence-corrected chi connectivity index (χ4v) is 0.679. The van der Waals surface area contributed by atoms with Crippen molar-refractivity contribution in [2.45, 2.75) is 12.7 Å². The molecule has 0 amide bonds. The molecule has 0 radical (unpaired) electrons. The van der Waals surface area contributed by atoms with Crippen LogP contribution in [-0.4, -0.2) is 39.1 Å². The Kier molecular flexibility index (Phi) is 1.86. The number of alkyl halides is 3. The number of guanidine groups is 1. The summed E-state index contributed by atoms with van der Waals surface area (Å²) in [4.78, 5) is 2.85. The van der Waals surface area contributed by atoms with E-state index in [4.69, 9.17) is 16.0 Å². The largest absolute Gasteiger partial charge is 0.503 e. The van der Waals surface area contributed by atoms with E-state index in [9.17, 15) is 13.2 Å². The van der Waals surface area contributed by atoms with Crippen LogP contribution in [-0.2, 0) is 0 Å². The number of hydrogen-bond donors (Lipinski definition) is 3. The van der Waals surface area contributed by atoms with Gasteiger partial charge in [-0.05, 0) is 5.17 Å². The summed E-state index contributed by atoms with van der Waals surface area (Å²) in [7, 11) is 0. The zero-order valence-corrected chi connectivity index (χ0v) is 5.52. The average Bonchev–Trinajstić information content (AvgIpc) is 2.05. The molecule has 0 fully saturated rings. The molecule has 0 aromatic rings. The molecule has 0 aromatic carbocycles. The molecule has 1 unspecified atom stereocenters. The number of nitrogens with two attached hydrogens (primary N) is 1. The predicted octanol–water partition coefficient (Wildman–Crippen LogP) is -0.981. The molecule has 9 heteroatoms. The Labute approximate surface area is 64.2 Å². The van der Waals surface area contributed by atoms with E-state index in [2.05, 4.69) is 4.99 Å². The topological polar surface area (TPSA) is 85.3 Å². The first-order chi connectivity index (χ1) is 5.34. The number of hydrazine groups is 1. The Morgan fingerprint density at radius 2 is 2.00 bits per heavy atom. The van der Waals surface area contributed by atoms with E-state index in [-0.39, 0.29) is 0 Å². The molecule has 1 heterocycles. The molecule has 1 aliphatic rings. The van der Waals surface area contributed by atoms with Gasteiger partial charge in [0.05, 0.1) is 0 Å². The van der Waals surface area contributed by atoms with Gasteiger partial charge in [0.2, 0.25) is 12.3 Å². The van der Waals surface area contributed by atoms with Gasteiger partial charge >= 0.3 is 6.30 Å². The van der Waals surface area contributed by atoms with Crippen molar-refractivity contribution in [3.05, 3.63) is 0 Å². The summed E-state index contributed by atoms with van der Waals surface area (Å²) in [5.74, 6) is -1.02. The third kappa shape index (κ3) is 1.29. The number of nitrogens with zero attached hydrogens (tertiary/aromatic N) is 3. The maximum Gasteiger partial charge on any atom is 0.503 e. The molecule has 0 saturated carbocycles. The van der Waals surface area contributed by atoms with Crippen molar-refractivity contribution < 1.29 is 23.5 Å². The molecule has 1 atom stereocenters. The maximum absolute atomic E-state index is 11.9. The number of aliphatic imine (C=N–C) groups is 1. The van der Waals surface area contributed by atoms with E-state index in [0.717, 1.165) is 0 Å². The third-order valence-electron chi connectivity index (χ3n) is 1.12. The predicted molar refractivity (Wildman–Crippen MR) is 29.1 cm³/mol. The van der Waals surface area contributed by atoms with E-state index in [1.165, 1.54) is 0 Å². The molecular weight excluding hydrogens is 181 g/mol. The van der Waals surface area contributed by atoms with Crippen LogP contribution < -0.4 is 5.73 Å². The lowest BCUT2D eigenvalue weighted by Crippen LogP contribution is -2.53. The number of hydrogen-bond acceptors (Lipinski definition) is 6. The summed E-state index contributed by atoms with van der Waals surface area (Å²) >= 11 is 0. The second-order valence-electron chi connectivity index (χ2n) is 1.93. The van der Waals surface area contributed by atoms with Crippen LogP contribution in [0, 0.1) is 0 Å². The number of aliphatic hydroxyl groups excluding tert-OH is 1. The molecule has 1 rings (SSSR count). The fraction of sp³-hybridized carbons (Fsp3) is 0.667. The highest BCUT2D eigenvalue weighted by atomic mass is 19.4. The van der Waals surface area contributed by atoms with Crippen LogP contribution in [0.4, 0.5) is 13.2 Å². The summed E-state index contributed by atoms with van der Waals surface area (Å²) in [5, 5.41) is 15.9. The second kappa shape index (κ2) is 2.47. The summed E-state index contributed by atoms with van der Waals surface area (Å²) in [6, 6.07) is 0. The first-order valence-corrected chi connectivity index (χ1v) is 2.70. The van der Waals surface area contributed by atoms with Gasteiger partial charge in [-0.25, -0.2) is 4.99 Å². The highest BCUT2D eigenvalue weighted by Gasteiger charge is 2.48. The van der Waals surface area contributed by atoms with Crippen molar-refractivity contribution in [1.29, 1.82) is 0 Å². The van der Waals surface area contributed by atoms with E-state index >= 15 is 0 Å². The maximum atomic E-state index is 11.9. The molecule has 0 saturated heterocycles. The smallest absolute Gasteiger partial charge is 0.368 e. The van der Waals surface area contributed by atoms with Crippen molar-refractivity contribution in [2.24, 2.45) is 10.7 Å². The van der Waals surface area contributed by atoms with E-state index in [0.29, 0.717) is 0 Å². The third-order valence-corrected chi connectivity index (χ3v) is 1.12. The molecule has 70 valence electrons. The fourth-order valence-electron chi connectivity index (χ4n) is 0.679. The van der Waals surface area contributed by atoms with Crippen molar-refractivity contribution >= 4 is 5.96 Å². The van der Waals surface area contributed by atoms with Crippen LogP contribution in [0.2, 0.25) is 0 Å². The Morgan fingerprint density at radius 1 is 1.50 bits per heavy atom. The molecule has 6 nitrogen and oxygen atoms in total. The van der Waals surface area contributed by atoms with Crippen LogP contribution in [0.3, 0.4) is 0 Å². The molecule has 0 aliphatic carbocycles. The normalized spacial score (nSPS) is 26.2. The van der Waals surface area contributed by atoms with Crippen LogP contribution in [0.5, 0.6) is 0 Å². The van der Waals surface area contributed by atoms with Gasteiger partial charge < -0.3 is 10.8 Å². The van der Waals surface area contributed by atoms with Crippen molar-refractivity contribution in [1.82, 2.24) is 10.2 Å². The van der Waals surface area contributed by atoms with Crippen LogP contribution in [0.15, 0.2) is 4.99 Å². The quantitative estimate of drug-likeness (QED) is 0.423. The van der Waals surface area contributed by atoms with Gasteiger partial charge in [0.25, 0.3) is 0 Å². The highest BCUT2D eigenvalue weighted by Crippen LogP contribution is 2.26. The van der Waals surface area contributed by atoms with E-state index < -0.39 is 28.8 Å². The van der Waals surface area contributed by atoms with Gasteiger partial charge in [-0.2, -0.15) is 5.01 Å². The Bertz CT molecular complexity index is 216.